The Morgan fingerprint density at radius 2 is 1.87 bits per heavy atom. The van der Waals surface area contributed by atoms with Gasteiger partial charge in [0.05, 0.1) is 6.61 Å². The van der Waals surface area contributed by atoms with Crippen LogP contribution in [0.2, 0.25) is 0 Å². The van der Waals surface area contributed by atoms with Crippen LogP contribution in [0.3, 0.4) is 0 Å². The zero-order valence-corrected chi connectivity index (χ0v) is 13.2. The van der Waals surface area contributed by atoms with Crippen molar-refractivity contribution in [3.63, 3.8) is 0 Å². The molecule has 0 radical (unpaired) electrons. The van der Waals surface area contributed by atoms with Gasteiger partial charge in [-0.2, -0.15) is 0 Å². The number of hydrogen-bond acceptors (Lipinski definition) is 5. The van der Waals surface area contributed by atoms with Gasteiger partial charge in [0.15, 0.2) is 0 Å². The van der Waals surface area contributed by atoms with E-state index in [0.29, 0.717) is 32.1 Å². The van der Waals surface area contributed by atoms with Gasteiger partial charge in [0, 0.05) is 44.0 Å². The molecule has 6 nitrogen and oxygen atoms in total. The van der Waals surface area contributed by atoms with Crippen molar-refractivity contribution in [3.05, 3.63) is 36.7 Å². The maximum atomic E-state index is 11.4. The van der Waals surface area contributed by atoms with Gasteiger partial charge < -0.3 is 15.0 Å². The highest BCUT2D eigenvalue weighted by Gasteiger charge is 2.15. The number of anilines is 1. The lowest BCUT2D eigenvalue weighted by atomic mass is 10.1. The van der Waals surface area contributed by atoms with Crippen LogP contribution >= 0.6 is 0 Å². The van der Waals surface area contributed by atoms with Gasteiger partial charge in [0.25, 0.3) is 0 Å². The van der Waals surface area contributed by atoms with E-state index in [1.54, 1.807) is 0 Å². The molecule has 0 aliphatic carbocycles. The average Bonchev–Trinajstić information content (AvgIpc) is 2.81. The van der Waals surface area contributed by atoms with E-state index in [1.165, 1.54) is 0 Å². The number of hydrogen-bond donors (Lipinski definition) is 1. The van der Waals surface area contributed by atoms with E-state index in [0.717, 1.165) is 23.4 Å². The lowest BCUT2D eigenvalue weighted by Crippen LogP contribution is -2.29. The maximum absolute atomic E-state index is 11.4. The molecule has 1 amide bonds. The summed E-state index contributed by atoms with van der Waals surface area (Å²) in [5.41, 5.74) is 2.01. The predicted molar refractivity (Wildman–Crippen MR) is 88.5 cm³/mol. The number of amides is 1. The summed E-state index contributed by atoms with van der Waals surface area (Å²) in [7, 11) is 0. The number of carbonyl (C=O) groups is 1. The van der Waals surface area contributed by atoms with Crippen LogP contribution in [-0.4, -0.2) is 42.1 Å². The molecule has 0 atom stereocenters. The molecule has 2 heterocycles. The number of nitrogens with zero attached hydrogens (tertiary/aromatic N) is 3. The summed E-state index contributed by atoms with van der Waals surface area (Å²) in [6, 6.07) is 7.88. The van der Waals surface area contributed by atoms with Crippen LogP contribution in [0, 0.1) is 0 Å². The van der Waals surface area contributed by atoms with Crippen molar-refractivity contribution in [1.29, 1.82) is 0 Å². The Morgan fingerprint density at radius 3 is 2.57 bits per heavy atom. The predicted octanol–water partition coefficient (Wildman–Crippen LogP) is 1.87. The molecular weight excluding hydrogens is 292 g/mol. The van der Waals surface area contributed by atoms with Crippen molar-refractivity contribution in [1.82, 2.24) is 15.3 Å². The van der Waals surface area contributed by atoms with Crippen molar-refractivity contribution in [3.8, 4) is 16.9 Å². The van der Waals surface area contributed by atoms with Crippen molar-refractivity contribution < 1.29 is 9.53 Å². The summed E-state index contributed by atoms with van der Waals surface area (Å²) in [4.78, 5) is 22.3. The van der Waals surface area contributed by atoms with Crippen molar-refractivity contribution in [2.45, 2.75) is 13.3 Å². The van der Waals surface area contributed by atoms with Crippen LogP contribution in [0.4, 0.5) is 5.95 Å². The molecule has 0 bridgehead atoms. The van der Waals surface area contributed by atoms with Crippen LogP contribution < -0.4 is 15.0 Å². The molecular formula is C17H20N4O2. The van der Waals surface area contributed by atoms with Crippen molar-refractivity contribution in [2.75, 3.05) is 31.1 Å². The Hall–Kier alpha value is -2.63. The molecule has 1 fully saturated rings. The minimum absolute atomic E-state index is 0.0820. The lowest BCUT2D eigenvalue weighted by molar-refractivity contribution is -0.120. The zero-order chi connectivity index (χ0) is 16.1. The summed E-state index contributed by atoms with van der Waals surface area (Å²) in [6.45, 7) is 4.63. The van der Waals surface area contributed by atoms with Gasteiger partial charge in [-0.1, -0.05) is 12.1 Å². The number of ether oxygens (including phenoxy) is 1. The number of rotatable bonds is 4. The van der Waals surface area contributed by atoms with E-state index >= 15 is 0 Å². The second-order valence-electron chi connectivity index (χ2n) is 5.32. The number of benzene rings is 1. The van der Waals surface area contributed by atoms with E-state index in [9.17, 15) is 4.79 Å². The van der Waals surface area contributed by atoms with Crippen LogP contribution in [0.5, 0.6) is 5.75 Å². The van der Waals surface area contributed by atoms with Gasteiger partial charge in [-0.15, -0.1) is 0 Å². The van der Waals surface area contributed by atoms with Gasteiger partial charge in [-0.3, -0.25) is 4.79 Å². The Balaban J connectivity index is 1.72. The Kier molecular flexibility index (Phi) is 4.71. The summed E-state index contributed by atoms with van der Waals surface area (Å²) >= 11 is 0. The van der Waals surface area contributed by atoms with Crippen molar-refractivity contribution in [2.24, 2.45) is 0 Å². The molecule has 0 unspecified atom stereocenters. The van der Waals surface area contributed by atoms with Gasteiger partial charge in [-0.25, -0.2) is 9.97 Å². The Labute approximate surface area is 135 Å². The topological polar surface area (TPSA) is 67.3 Å². The molecule has 2 aromatic rings. The SMILES string of the molecule is CCOc1ccc(-c2cnc(N3CCNC(=O)CC3)nc2)cc1. The molecule has 1 N–H and O–H groups in total. The molecule has 1 aliphatic heterocycles. The molecule has 0 saturated carbocycles. The van der Waals surface area contributed by atoms with E-state index in [2.05, 4.69) is 15.3 Å². The molecule has 1 aliphatic rings. The standard InChI is InChI=1S/C17H20N4O2/c1-2-23-15-5-3-13(4-6-15)14-11-19-17(20-12-14)21-9-7-16(22)18-8-10-21/h3-6,11-12H,2,7-10H2,1H3,(H,18,22). The summed E-state index contributed by atoms with van der Waals surface area (Å²) in [5.74, 6) is 1.60. The Bertz CT molecular complexity index is 655. The second-order valence-corrected chi connectivity index (χ2v) is 5.32. The normalized spacial score (nSPS) is 15.0. The van der Waals surface area contributed by atoms with E-state index < -0.39 is 0 Å². The molecule has 1 aromatic heterocycles. The average molecular weight is 312 g/mol. The van der Waals surface area contributed by atoms with Crippen molar-refractivity contribution >= 4 is 11.9 Å². The molecule has 3 rings (SSSR count). The smallest absolute Gasteiger partial charge is 0.225 e. The molecule has 0 spiro atoms. The fourth-order valence-corrected chi connectivity index (χ4v) is 2.51. The number of aromatic nitrogens is 2. The minimum Gasteiger partial charge on any atom is -0.494 e. The summed E-state index contributed by atoms with van der Waals surface area (Å²) in [6.07, 6.45) is 4.11. The fraction of sp³-hybridized carbons (Fsp3) is 0.353. The molecule has 1 saturated heterocycles. The Morgan fingerprint density at radius 1 is 1.13 bits per heavy atom. The highest BCUT2D eigenvalue weighted by atomic mass is 16.5. The van der Waals surface area contributed by atoms with Crippen LogP contribution in [-0.2, 0) is 4.79 Å². The minimum atomic E-state index is 0.0820. The molecule has 6 heteroatoms. The highest BCUT2D eigenvalue weighted by Crippen LogP contribution is 2.22. The van der Waals surface area contributed by atoms with Gasteiger partial charge >= 0.3 is 0 Å². The van der Waals surface area contributed by atoms with Crippen LogP contribution in [0.25, 0.3) is 11.1 Å². The quantitative estimate of drug-likeness (QED) is 0.933. The second kappa shape index (κ2) is 7.09. The first-order valence-electron chi connectivity index (χ1n) is 7.83. The fourth-order valence-electron chi connectivity index (χ4n) is 2.51. The molecule has 1 aromatic carbocycles. The van der Waals surface area contributed by atoms with Crippen LogP contribution in [0.1, 0.15) is 13.3 Å². The van der Waals surface area contributed by atoms with Gasteiger partial charge in [0.1, 0.15) is 5.75 Å². The van der Waals surface area contributed by atoms with E-state index in [4.69, 9.17) is 4.74 Å². The third kappa shape index (κ3) is 3.77. The third-order valence-electron chi connectivity index (χ3n) is 3.73. The maximum Gasteiger partial charge on any atom is 0.225 e. The summed E-state index contributed by atoms with van der Waals surface area (Å²) < 4.78 is 5.44. The lowest BCUT2D eigenvalue weighted by Gasteiger charge is -2.19. The zero-order valence-electron chi connectivity index (χ0n) is 13.2. The van der Waals surface area contributed by atoms with E-state index in [1.807, 2.05) is 48.5 Å². The number of nitrogens with one attached hydrogen (secondary N) is 1. The monoisotopic (exact) mass is 312 g/mol. The third-order valence-corrected chi connectivity index (χ3v) is 3.73. The summed E-state index contributed by atoms with van der Waals surface area (Å²) in [5, 5.41) is 2.85. The van der Waals surface area contributed by atoms with Gasteiger partial charge in [0.2, 0.25) is 11.9 Å². The molecule has 120 valence electrons. The first kappa shape index (κ1) is 15.3. The van der Waals surface area contributed by atoms with Crippen LogP contribution in [0.15, 0.2) is 36.7 Å². The number of carbonyl (C=O) groups excluding carboxylic acids is 1. The highest BCUT2D eigenvalue weighted by molar-refractivity contribution is 5.77. The first-order valence-corrected chi connectivity index (χ1v) is 7.83. The molecule has 23 heavy (non-hydrogen) atoms. The van der Waals surface area contributed by atoms with Gasteiger partial charge in [-0.05, 0) is 24.6 Å². The first-order chi connectivity index (χ1) is 11.3. The van der Waals surface area contributed by atoms with E-state index in [-0.39, 0.29) is 5.91 Å². The largest absolute Gasteiger partial charge is 0.494 e.